The van der Waals surface area contributed by atoms with Crippen LogP contribution in [0.5, 0.6) is 5.75 Å². The van der Waals surface area contributed by atoms with Crippen LogP contribution in [0.15, 0.2) is 78.0 Å². The number of halogens is 2. The fourth-order valence-corrected chi connectivity index (χ4v) is 3.99. The molecule has 0 aliphatic heterocycles. The summed E-state index contributed by atoms with van der Waals surface area (Å²) in [6.45, 7) is 0.0393. The van der Waals surface area contributed by atoms with E-state index in [1.54, 1.807) is 48.1 Å². The van der Waals surface area contributed by atoms with Gasteiger partial charge in [0.2, 0.25) is 5.91 Å². The van der Waals surface area contributed by atoms with Crippen LogP contribution in [0.25, 0.3) is 5.69 Å². The van der Waals surface area contributed by atoms with Gasteiger partial charge in [-0.25, -0.2) is 8.78 Å². The molecule has 4 rings (SSSR count). The van der Waals surface area contributed by atoms with Gasteiger partial charge in [-0.05, 0) is 72.8 Å². The van der Waals surface area contributed by atoms with Gasteiger partial charge in [0, 0.05) is 16.9 Å². The van der Waals surface area contributed by atoms with Crippen molar-refractivity contribution < 1.29 is 23.1 Å². The summed E-state index contributed by atoms with van der Waals surface area (Å²) in [5.74, 6) is -0.434. The fourth-order valence-electron chi connectivity index (χ4n) is 3.22. The van der Waals surface area contributed by atoms with E-state index in [1.807, 2.05) is 0 Å². The lowest BCUT2D eigenvalue weighted by molar-refractivity contribution is -0.113. The second kappa shape index (κ2) is 11.5. The first-order valence-electron chi connectivity index (χ1n) is 10.7. The van der Waals surface area contributed by atoms with Crippen LogP contribution in [0.3, 0.4) is 0 Å². The molecule has 0 atom stereocenters. The maximum atomic E-state index is 13.5. The minimum Gasteiger partial charge on any atom is -0.497 e. The largest absolute Gasteiger partial charge is 0.497 e. The third-order valence-electron chi connectivity index (χ3n) is 5.00. The number of hydrogen-bond acceptors (Lipinski definition) is 6. The standard InChI is InChI=1S/C25H21F2N5O3S/c1-35-21-12-2-16(3-13-21)24(34)28-14-22-30-31-25(32(22)20-10-6-18(27)7-11-20)36-15-23(33)29-19-8-4-17(26)5-9-19/h2-13H,14-15H2,1H3,(H,28,34)(H,29,33). The molecule has 0 radical (unpaired) electrons. The Morgan fingerprint density at radius 2 is 1.56 bits per heavy atom. The molecular formula is C25H21F2N5O3S. The van der Waals surface area contributed by atoms with Crippen LogP contribution in [0.2, 0.25) is 0 Å². The van der Waals surface area contributed by atoms with Crippen molar-refractivity contribution in [2.75, 3.05) is 18.2 Å². The third kappa shape index (κ3) is 6.25. The third-order valence-corrected chi connectivity index (χ3v) is 5.93. The predicted octanol–water partition coefficient (Wildman–Crippen LogP) is 4.21. The number of benzene rings is 3. The molecule has 0 aliphatic carbocycles. The van der Waals surface area contributed by atoms with Crippen molar-refractivity contribution in [2.45, 2.75) is 11.7 Å². The highest BCUT2D eigenvalue weighted by molar-refractivity contribution is 7.99. The van der Waals surface area contributed by atoms with Gasteiger partial charge in [0.1, 0.15) is 17.4 Å². The van der Waals surface area contributed by atoms with Crippen molar-refractivity contribution in [3.8, 4) is 11.4 Å². The average Bonchev–Trinajstić information content (AvgIpc) is 3.30. The van der Waals surface area contributed by atoms with Gasteiger partial charge >= 0.3 is 0 Å². The molecule has 4 aromatic rings. The minimum absolute atomic E-state index is 0.00505. The molecule has 2 N–H and O–H groups in total. The number of nitrogens with one attached hydrogen (secondary N) is 2. The molecule has 0 saturated carbocycles. The molecule has 3 aromatic carbocycles. The number of aromatic nitrogens is 3. The summed E-state index contributed by atoms with van der Waals surface area (Å²) in [5, 5.41) is 14.2. The van der Waals surface area contributed by atoms with Crippen LogP contribution in [-0.2, 0) is 11.3 Å². The molecular weight excluding hydrogens is 488 g/mol. The van der Waals surface area contributed by atoms with E-state index in [2.05, 4.69) is 20.8 Å². The molecule has 36 heavy (non-hydrogen) atoms. The van der Waals surface area contributed by atoms with E-state index in [-0.39, 0.29) is 24.1 Å². The van der Waals surface area contributed by atoms with Gasteiger partial charge in [0.15, 0.2) is 11.0 Å². The Kier molecular flexibility index (Phi) is 7.91. The second-order valence-corrected chi connectivity index (χ2v) is 8.41. The fraction of sp³-hybridized carbons (Fsp3) is 0.120. The highest BCUT2D eigenvalue weighted by atomic mass is 32.2. The first-order chi connectivity index (χ1) is 17.4. The molecule has 0 fully saturated rings. The quantitative estimate of drug-likeness (QED) is 0.328. The lowest BCUT2D eigenvalue weighted by atomic mass is 10.2. The number of thioether (sulfide) groups is 1. The average molecular weight is 510 g/mol. The van der Waals surface area contributed by atoms with E-state index in [0.29, 0.717) is 33.7 Å². The van der Waals surface area contributed by atoms with Gasteiger partial charge in [0.25, 0.3) is 5.91 Å². The molecule has 0 saturated heterocycles. The summed E-state index contributed by atoms with van der Waals surface area (Å²) in [6.07, 6.45) is 0. The predicted molar refractivity (Wildman–Crippen MR) is 131 cm³/mol. The zero-order valence-electron chi connectivity index (χ0n) is 19.1. The van der Waals surface area contributed by atoms with Gasteiger partial charge in [-0.2, -0.15) is 0 Å². The molecule has 0 spiro atoms. The Morgan fingerprint density at radius 1 is 0.917 bits per heavy atom. The first-order valence-corrected chi connectivity index (χ1v) is 11.7. The van der Waals surface area contributed by atoms with Crippen molar-refractivity contribution in [3.05, 3.63) is 95.8 Å². The topological polar surface area (TPSA) is 98.1 Å². The number of amides is 2. The molecule has 0 aliphatic rings. The normalized spacial score (nSPS) is 10.6. The molecule has 0 bridgehead atoms. The van der Waals surface area contributed by atoms with Crippen LogP contribution < -0.4 is 15.4 Å². The monoisotopic (exact) mass is 509 g/mol. The molecule has 0 unspecified atom stereocenters. The Hall–Kier alpha value is -4.25. The smallest absolute Gasteiger partial charge is 0.251 e. The Morgan fingerprint density at radius 3 is 2.19 bits per heavy atom. The Bertz CT molecular complexity index is 1340. The van der Waals surface area contributed by atoms with E-state index in [0.717, 1.165) is 11.8 Å². The first kappa shape index (κ1) is 24.9. The lowest BCUT2D eigenvalue weighted by Crippen LogP contribution is -2.24. The SMILES string of the molecule is COc1ccc(C(=O)NCc2nnc(SCC(=O)Nc3ccc(F)cc3)n2-c2ccc(F)cc2)cc1. The van der Waals surface area contributed by atoms with Crippen LogP contribution in [0.1, 0.15) is 16.2 Å². The van der Waals surface area contributed by atoms with E-state index >= 15 is 0 Å². The Labute approximate surface area is 209 Å². The number of carbonyl (C=O) groups excluding carboxylic acids is 2. The molecule has 1 heterocycles. The Balaban J connectivity index is 1.48. The van der Waals surface area contributed by atoms with Crippen LogP contribution in [-0.4, -0.2) is 39.4 Å². The van der Waals surface area contributed by atoms with Crippen LogP contribution >= 0.6 is 11.8 Å². The van der Waals surface area contributed by atoms with Gasteiger partial charge in [-0.15, -0.1) is 10.2 Å². The summed E-state index contributed by atoms with van der Waals surface area (Å²) in [4.78, 5) is 25.0. The number of anilines is 1. The molecule has 2 amide bonds. The zero-order valence-corrected chi connectivity index (χ0v) is 19.9. The highest BCUT2D eigenvalue weighted by Crippen LogP contribution is 2.23. The summed E-state index contributed by atoms with van der Waals surface area (Å²) in [5.41, 5.74) is 1.47. The second-order valence-electron chi connectivity index (χ2n) is 7.47. The summed E-state index contributed by atoms with van der Waals surface area (Å²) >= 11 is 1.12. The van der Waals surface area contributed by atoms with Gasteiger partial charge < -0.3 is 15.4 Å². The molecule has 1 aromatic heterocycles. The van der Waals surface area contributed by atoms with Gasteiger partial charge in [-0.1, -0.05) is 11.8 Å². The zero-order chi connectivity index (χ0) is 25.5. The molecule has 11 heteroatoms. The lowest BCUT2D eigenvalue weighted by Gasteiger charge is -2.11. The number of methoxy groups -OCH3 is 1. The van der Waals surface area contributed by atoms with Crippen molar-refractivity contribution in [3.63, 3.8) is 0 Å². The summed E-state index contributed by atoms with van der Waals surface area (Å²) in [7, 11) is 1.54. The minimum atomic E-state index is -0.408. The molecule has 184 valence electrons. The maximum Gasteiger partial charge on any atom is 0.251 e. The van der Waals surface area contributed by atoms with Gasteiger partial charge in [-0.3, -0.25) is 14.2 Å². The summed E-state index contributed by atoms with van der Waals surface area (Å²) in [6, 6.07) is 17.8. The van der Waals surface area contributed by atoms with Gasteiger partial charge in [0.05, 0.1) is 19.4 Å². The van der Waals surface area contributed by atoms with Crippen molar-refractivity contribution >= 4 is 29.3 Å². The van der Waals surface area contributed by atoms with Crippen molar-refractivity contribution in [1.29, 1.82) is 0 Å². The van der Waals surface area contributed by atoms with E-state index in [9.17, 15) is 18.4 Å². The van der Waals surface area contributed by atoms with E-state index in [1.165, 1.54) is 36.4 Å². The van der Waals surface area contributed by atoms with E-state index < -0.39 is 11.6 Å². The number of carbonyl (C=O) groups is 2. The van der Waals surface area contributed by atoms with Crippen LogP contribution in [0.4, 0.5) is 14.5 Å². The van der Waals surface area contributed by atoms with E-state index in [4.69, 9.17) is 4.74 Å². The highest BCUT2D eigenvalue weighted by Gasteiger charge is 2.17. The maximum absolute atomic E-state index is 13.5. The number of hydrogen-bond donors (Lipinski definition) is 2. The number of ether oxygens (including phenoxy) is 1. The van der Waals surface area contributed by atoms with Crippen molar-refractivity contribution in [2.24, 2.45) is 0 Å². The van der Waals surface area contributed by atoms with Crippen LogP contribution in [0, 0.1) is 11.6 Å². The number of rotatable bonds is 9. The number of nitrogens with zero attached hydrogens (tertiary/aromatic N) is 3. The summed E-state index contributed by atoms with van der Waals surface area (Å²) < 4.78 is 33.3. The van der Waals surface area contributed by atoms with Crippen molar-refractivity contribution in [1.82, 2.24) is 20.1 Å². The molecule has 8 nitrogen and oxygen atoms in total.